The van der Waals surface area contributed by atoms with Crippen LogP contribution in [0, 0.1) is 0 Å². The third kappa shape index (κ3) is 38.6. The monoisotopic (exact) mass is 570 g/mol. The van der Waals surface area contributed by atoms with Gasteiger partial charge in [-0.3, -0.25) is 0 Å². The van der Waals surface area contributed by atoms with Crippen molar-refractivity contribution in [2.24, 2.45) is 0 Å². The molecule has 1 nitrogen and oxygen atoms in total. The molecule has 7 heavy (non-hydrogen) atoms. The molecule has 0 saturated carbocycles. The molecule has 0 rings (SSSR count). The molecule has 0 aromatic rings. The van der Waals surface area contributed by atoms with Gasteiger partial charge >= 0.3 is 73.8 Å². The van der Waals surface area contributed by atoms with E-state index in [0.717, 1.165) is 0 Å². The van der Waals surface area contributed by atoms with Crippen LogP contribution in [0.1, 0.15) is 0 Å². The Balaban J connectivity index is 0. The van der Waals surface area contributed by atoms with Gasteiger partial charge < -0.3 is 73.4 Å². The first-order chi connectivity index (χ1) is 0. The van der Waals surface area contributed by atoms with Gasteiger partial charge in [0.05, 0.1) is 0 Å². The zero-order valence-corrected chi connectivity index (χ0v) is 14.9. The van der Waals surface area contributed by atoms with Crippen LogP contribution >= 0.6 is 0 Å². The largest absolute Gasteiger partial charge is 3.00 e. The second-order valence-electron chi connectivity index (χ2n) is 0. The van der Waals surface area contributed by atoms with E-state index in [0.29, 0.717) is 0 Å². The maximum Gasteiger partial charge on any atom is 3.00 e. The predicted molar refractivity (Wildman–Crippen MR) is 3.61 cm³/mol. The fourth-order valence-corrected chi connectivity index (χ4v) is 0. The zero-order chi connectivity index (χ0) is 0. The Morgan fingerprint density at radius 3 is 0.571 bits per heavy atom. The number of hydrogen-bond donors (Lipinski definition) is 0. The number of rotatable bonds is 0. The summed E-state index contributed by atoms with van der Waals surface area (Å²) in [5.74, 6) is 0. The molecule has 0 unspecified atom stereocenters. The molecule has 0 aliphatic rings. The Bertz CT molecular complexity index is 11.7. The van der Waals surface area contributed by atoms with E-state index in [4.69, 9.17) is 0 Å². The van der Waals surface area contributed by atoms with Gasteiger partial charge in [0.15, 0.2) is 0 Å². The van der Waals surface area contributed by atoms with Crippen LogP contribution in [0.2, 0.25) is 0 Å². The molecule has 0 heterocycles. The van der Waals surface area contributed by atoms with Gasteiger partial charge in [0.25, 0.3) is 0 Å². The minimum atomic E-state index is 0. The van der Waals surface area contributed by atoms with Gasteiger partial charge in [-0.2, -0.15) is 0 Å². The molecule has 48 valence electrons. The molecule has 0 amide bonds. The van der Waals surface area contributed by atoms with Crippen molar-refractivity contribution < 1.29 is 147 Å². The smallest absolute Gasteiger partial charge is 1.00 e. The van der Waals surface area contributed by atoms with Crippen molar-refractivity contribution >= 4 is 0 Å². The third-order valence-electron chi connectivity index (χ3n) is 0. The number of hydrogen-bond acceptors (Lipinski definition) is 0. The first-order valence-electron chi connectivity index (χ1n) is 0. The van der Waals surface area contributed by atoms with Crippen LogP contribution in [-0.2, 0) is 22.4 Å². The van der Waals surface area contributed by atoms with Crippen LogP contribution in [0.5, 0.6) is 0 Å². The third-order valence-corrected chi connectivity index (χ3v) is 0. The minimum Gasteiger partial charge on any atom is -1.00 e. The van der Waals surface area contributed by atoms with Crippen LogP contribution in [-0.4, -0.2) is 5.48 Å². The summed E-state index contributed by atoms with van der Waals surface area (Å²) < 4.78 is 0. The van der Waals surface area contributed by atoms with Crippen LogP contribution < -0.4 is 119 Å². The molecule has 0 saturated heterocycles. The topological polar surface area (TPSA) is 31.5 Å². The summed E-state index contributed by atoms with van der Waals surface area (Å²) in [7, 11) is 0. The molecule has 0 aliphatic carbocycles. The first kappa shape index (κ1) is 65.4. The van der Waals surface area contributed by atoms with E-state index in [9.17, 15) is 0 Å². The average molecular weight is 574 g/mol. The van der Waals surface area contributed by atoms with Crippen LogP contribution in [0.3, 0.4) is 0 Å². The van der Waals surface area contributed by atoms with Gasteiger partial charge in [-0.1, -0.05) is 0 Å². The van der Waals surface area contributed by atoms with Gasteiger partial charge in [-0.15, -0.1) is 0 Å². The second-order valence-corrected chi connectivity index (χ2v) is 0. The molecule has 0 aromatic heterocycles. The summed E-state index contributed by atoms with van der Waals surface area (Å²) in [6.45, 7) is 0. The summed E-state index contributed by atoms with van der Waals surface area (Å²) in [5.41, 5.74) is 0. The molecule has 2 N–H and O–H groups in total. The molecule has 0 bridgehead atoms. The normalized spacial score (nSPS) is 0. The quantitative estimate of drug-likeness (QED) is 0.258. The molecule has 0 fully saturated rings. The SMILES string of the molecule is O.[Au+3].[Br-].[Br-].[Br-].[Br-].[K+]. The fraction of sp³-hybridized carbons (Fsp3) is 0. The van der Waals surface area contributed by atoms with Gasteiger partial charge in [0.1, 0.15) is 0 Å². The van der Waals surface area contributed by atoms with Gasteiger partial charge in [-0.25, -0.2) is 0 Å². The molecule has 0 aromatic carbocycles. The fourth-order valence-electron chi connectivity index (χ4n) is 0. The summed E-state index contributed by atoms with van der Waals surface area (Å²) in [6.07, 6.45) is 0. The predicted octanol–water partition coefficient (Wildman–Crippen LogP) is -15.8. The summed E-state index contributed by atoms with van der Waals surface area (Å²) in [6, 6.07) is 0. The Morgan fingerprint density at radius 1 is 0.571 bits per heavy atom. The summed E-state index contributed by atoms with van der Waals surface area (Å²) >= 11 is 0. The Morgan fingerprint density at radius 2 is 0.571 bits per heavy atom. The van der Waals surface area contributed by atoms with Crippen molar-refractivity contribution in [1.82, 2.24) is 0 Å². The van der Waals surface area contributed by atoms with Crippen molar-refractivity contribution in [2.45, 2.75) is 0 Å². The molecule has 0 radical (unpaired) electrons. The maximum absolute atomic E-state index is 0. The van der Waals surface area contributed by atoms with Gasteiger partial charge in [0, 0.05) is 0 Å². The van der Waals surface area contributed by atoms with Crippen molar-refractivity contribution in [1.29, 1.82) is 0 Å². The van der Waals surface area contributed by atoms with Gasteiger partial charge in [-0.05, 0) is 0 Å². The molecule has 0 atom stereocenters. The molecule has 0 spiro atoms. The van der Waals surface area contributed by atoms with E-state index in [1.807, 2.05) is 0 Å². The molecular formula is H2AuBr4KO. The van der Waals surface area contributed by atoms with E-state index in [2.05, 4.69) is 0 Å². The van der Waals surface area contributed by atoms with E-state index < -0.39 is 0 Å². The molecular weight excluding hydrogens is 572 g/mol. The standard InChI is InChI=1S/Au.4BrH.K.H2O/h;4*1H;;1H2/q+3;;;;;+1;/p-4. The first-order valence-corrected chi connectivity index (χ1v) is 0. The molecule has 0 aliphatic heterocycles. The molecule has 7 heteroatoms. The summed E-state index contributed by atoms with van der Waals surface area (Å²) in [4.78, 5) is 0. The van der Waals surface area contributed by atoms with Crippen LogP contribution in [0.25, 0.3) is 0 Å². The van der Waals surface area contributed by atoms with Crippen molar-refractivity contribution in [3.8, 4) is 0 Å². The van der Waals surface area contributed by atoms with E-state index in [1.165, 1.54) is 0 Å². The Hall–Kier alpha value is 4.26. The Labute approximate surface area is 143 Å². The van der Waals surface area contributed by atoms with Crippen molar-refractivity contribution in [2.75, 3.05) is 0 Å². The van der Waals surface area contributed by atoms with Crippen molar-refractivity contribution in [3.63, 3.8) is 0 Å². The van der Waals surface area contributed by atoms with Crippen LogP contribution in [0.15, 0.2) is 0 Å². The minimum absolute atomic E-state index is 0. The zero-order valence-electron chi connectivity index (χ0n) is 3.31. The number of halogens is 4. The maximum atomic E-state index is 0. The van der Waals surface area contributed by atoms with Crippen LogP contribution in [0.4, 0.5) is 0 Å². The van der Waals surface area contributed by atoms with E-state index >= 15 is 0 Å². The Kier molecular flexibility index (Phi) is 453. The average Bonchev–Trinajstić information content (AvgIpc) is 0. The summed E-state index contributed by atoms with van der Waals surface area (Å²) in [5, 5.41) is 0. The van der Waals surface area contributed by atoms with Crippen molar-refractivity contribution in [3.05, 3.63) is 0 Å². The van der Waals surface area contributed by atoms with E-state index in [1.54, 1.807) is 0 Å². The van der Waals surface area contributed by atoms with E-state index in [-0.39, 0.29) is 147 Å². The second kappa shape index (κ2) is 48.5. The van der Waals surface area contributed by atoms with Gasteiger partial charge in [0.2, 0.25) is 0 Å².